The Balaban J connectivity index is 1.91. The Morgan fingerprint density at radius 3 is 2.18 bits per heavy atom. The Morgan fingerprint density at radius 1 is 1.00 bits per heavy atom. The molecule has 1 aliphatic heterocycles. The lowest BCUT2D eigenvalue weighted by molar-refractivity contribution is -0.133. The molecule has 248 valence electrons. The second-order valence-corrected chi connectivity index (χ2v) is 16.9. The summed E-state index contributed by atoms with van der Waals surface area (Å²) in [5, 5.41) is 20.4. The molecule has 1 heterocycles. The lowest BCUT2D eigenvalue weighted by Crippen LogP contribution is -2.64. The molecule has 1 aromatic rings. The van der Waals surface area contributed by atoms with Gasteiger partial charge in [0, 0.05) is 31.3 Å². The van der Waals surface area contributed by atoms with Crippen molar-refractivity contribution in [1.82, 2.24) is 20.9 Å². The average molecular weight is 635 g/mol. The number of carbonyl (C=O) groups is 3. The van der Waals surface area contributed by atoms with Crippen LogP contribution >= 0.6 is 0 Å². The minimum absolute atomic E-state index is 0.0605. The van der Waals surface area contributed by atoms with E-state index in [0.717, 1.165) is 37.5 Å². The zero-order valence-corrected chi connectivity index (χ0v) is 28.4. The summed E-state index contributed by atoms with van der Waals surface area (Å²) in [6, 6.07) is 6.83. The monoisotopic (exact) mass is 634 g/mol. The smallest absolute Gasteiger partial charge is 0.244 e. The summed E-state index contributed by atoms with van der Waals surface area (Å²) in [6.07, 6.45) is 5.57. The van der Waals surface area contributed by atoms with Crippen molar-refractivity contribution in [3.8, 4) is 0 Å². The van der Waals surface area contributed by atoms with Crippen LogP contribution in [0.2, 0.25) is 0 Å². The molecule has 6 atom stereocenters. The molecule has 3 rings (SSSR count). The molecule has 44 heavy (non-hydrogen) atoms. The zero-order chi connectivity index (χ0) is 32.9. The van der Waals surface area contributed by atoms with E-state index in [2.05, 4.69) is 20.9 Å². The molecule has 2 aliphatic rings. The standard InChI is InChI=1S/C33H54N4O6S/c1-8-28(39)35-29(33(5,6)44(7,42)43)31(41)34-25(18-22-14-10-9-11-15-22)27(38)21-37-20-24-17-13-12-16-23(24)19-26(37)30(40)36-32(2,3)4/h9-11,14-15,23-27,29,38H,8,12-13,16-21H2,1-7H3,(H,34,41)(H,35,39)(H,36,40)/t23-,24+,25?,26?,27?,29+/m0/s1. The van der Waals surface area contributed by atoms with E-state index in [9.17, 15) is 27.9 Å². The predicted molar refractivity (Wildman–Crippen MR) is 173 cm³/mol. The fourth-order valence-corrected chi connectivity index (χ4v) is 7.04. The fraction of sp³-hybridized carbons (Fsp3) is 0.727. The molecule has 3 unspecified atom stereocenters. The van der Waals surface area contributed by atoms with Gasteiger partial charge < -0.3 is 21.1 Å². The molecular formula is C33H54N4O6S. The van der Waals surface area contributed by atoms with E-state index >= 15 is 0 Å². The minimum atomic E-state index is -3.77. The lowest BCUT2D eigenvalue weighted by atomic mass is 9.72. The number of piperidine rings is 1. The largest absolute Gasteiger partial charge is 0.390 e. The molecule has 0 bridgehead atoms. The van der Waals surface area contributed by atoms with E-state index in [-0.39, 0.29) is 25.3 Å². The van der Waals surface area contributed by atoms with Crippen LogP contribution in [0.4, 0.5) is 0 Å². The third-order valence-corrected chi connectivity index (χ3v) is 11.5. The molecule has 4 N–H and O–H groups in total. The van der Waals surface area contributed by atoms with Gasteiger partial charge in [-0.1, -0.05) is 56.5 Å². The van der Waals surface area contributed by atoms with Gasteiger partial charge >= 0.3 is 0 Å². The lowest BCUT2D eigenvalue weighted by Gasteiger charge is -2.47. The van der Waals surface area contributed by atoms with Crippen molar-refractivity contribution in [3.05, 3.63) is 35.9 Å². The minimum Gasteiger partial charge on any atom is -0.390 e. The summed E-state index contributed by atoms with van der Waals surface area (Å²) in [4.78, 5) is 41.8. The third-order valence-electron chi connectivity index (χ3n) is 9.35. The Kier molecular flexibility index (Phi) is 12.0. The van der Waals surface area contributed by atoms with Crippen molar-refractivity contribution in [2.75, 3.05) is 19.3 Å². The van der Waals surface area contributed by atoms with E-state index in [1.54, 1.807) is 6.92 Å². The highest BCUT2D eigenvalue weighted by atomic mass is 32.2. The third kappa shape index (κ3) is 9.50. The Bertz CT molecular complexity index is 1250. The number of benzene rings is 1. The molecule has 10 nitrogen and oxygen atoms in total. The van der Waals surface area contributed by atoms with Crippen molar-refractivity contribution in [3.63, 3.8) is 0 Å². The van der Waals surface area contributed by atoms with Crippen molar-refractivity contribution < 1.29 is 27.9 Å². The number of hydrogen-bond acceptors (Lipinski definition) is 7. The van der Waals surface area contributed by atoms with Crippen LogP contribution in [0.1, 0.15) is 85.6 Å². The first-order valence-electron chi connectivity index (χ1n) is 16.0. The molecule has 2 fully saturated rings. The molecule has 1 aliphatic carbocycles. The van der Waals surface area contributed by atoms with Crippen LogP contribution in [0, 0.1) is 11.8 Å². The summed E-state index contributed by atoms with van der Waals surface area (Å²) in [5.74, 6) is -0.287. The first-order valence-corrected chi connectivity index (χ1v) is 17.9. The second kappa shape index (κ2) is 14.7. The Hall–Kier alpha value is -2.50. The van der Waals surface area contributed by atoms with Crippen LogP contribution in [0.15, 0.2) is 30.3 Å². The van der Waals surface area contributed by atoms with Gasteiger partial charge in [-0.3, -0.25) is 19.3 Å². The highest BCUT2D eigenvalue weighted by molar-refractivity contribution is 7.92. The number of carbonyl (C=O) groups excluding carboxylic acids is 3. The van der Waals surface area contributed by atoms with Crippen LogP contribution in [0.3, 0.4) is 0 Å². The normalized spacial score (nSPS) is 23.5. The van der Waals surface area contributed by atoms with Gasteiger partial charge in [0.25, 0.3) is 0 Å². The summed E-state index contributed by atoms with van der Waals surface area (Å²) in [5.41, 5.74) is 0.472. The number of likely N-dealkylation sites (tertiary alicyclic amines) is 1. The first kappa shape index (κ1) is 36.0. The summed E-state index contributed by atoms with van der Waals surface area (Å²) >= 11 is 0. The Morgan fingerprint density at radius 2 is 1.61 bits per heavy atom. The van der Waals surface area contributed by atoms with Gasteiger partial charge in [-0.2, -0.15) is 0 Å². The van der Waals surface area contributed by atoms with Gasteiger partial charge in [-0.15, -0.1) is 0 Å². The summed E-state index contributed by atoms with van der Waals surface area (Å²) < 4.78 is 23.9. The number of sulfone groups is 1. The topological polar surface area (TPSA) is 145 Å². The number of nitrogens with zero attached hydrogens (tertiary/aromatic N) is 1. The molecule has 0 radical (unpaired) electrons. The van der Waals surface area contributed by atoms with E-state index in [4.69, 9.17) is 0 Å². The maximum absolute atomic E-state index is 13.8. The number of fused-ring (bicyclic) bond motifs is 1. The molecule has 1 saturated carbocycles. The van der Waals surface area contributed by atoms with Crippen molar-refractivity contribution >= 4 is 27.6 Å². The van der Waals surface area contributed by atoms with E-state index in [1.807, 2.05) is 51.1 Å². The molecule has 1 saturated heterocycles. The number of amides is 3. The second-order valence-electron chi connectivity index (χ2n) is 14.4. The maximum atomic E-state index is 13.8. The van der Waals surface area contributed by atoms with Crippen LogP contribution in [-0.2, 0) is 30.6 Å². The number of rotatable bonds is 12. The van der Waals surface area contributed by atoms with Gasteiger partial charge in [-0.25, -0.2) is 8.42 Å². The van der Waals surface area contributed by atoms with Gasteiger partial charge in [0.15, 0.2) is 9.84 Å². The van der Waals surface area contributed by atoms with Gasteiger partial charge in [-0.05, 0) is 71.3 Å². The quantitative estimate of drug-likeness (QED) is 0.277. The zero-order valence-electron chi connectivity index (χ0n) is 27.6. The fourth-order valence-electron chi connectivity index (χ4n) is 6.44. The van der Waals surface area contributed by atoms with Gasteiger partial charge in [0.05, 0.1) is 22.9 Å². The summed E-state index contributed by atoms with van der Waals surface area (Å²) in [7, 11) is -3.77. The Labute approximate surface area is 264 Å². The average Bonchev–Trinajstić information content (AvgIpc) is 2.93. The first-order chi connectivity index (χ1) is 20.4. The van der Waals surface area contributed by atoms with E-state index in [1.165, 1.54) is 20.3 Å². The van der Waals surface area contributed by atoms with Crippen LogP contribution in [0.25, 0.3) is 0 Å². The molecule has 1 aromatic carbocycles. The molecular weight excluding hydrogens is 580 g/mol. The number of nitrogens with one attached hydrogen (secondary N) is 3. The van der Waals surface area contributed by atoms with Gasteiger partial charge in [0.1, 0.15) is 6.04 Å². The number of aliphatic hydroxyl groups excluding tert-OH is 1. The van der Waals surface area contributed by atoms with Crippen molar-refractivity contribution in [1.29, 1.82) is 0 Å². The molecule has 0 spiro atoms. The number of β-amino-alcohol motifs (C(OH)–C–C–N with tert-alkyl or cyclic N) is 1. The maximum Gasteiger partial charge on any atom is 0.244 e. The van der Waals surface area contributed by atoms with Crippen molar-refractivity contribution in [2.24, 2.45) is 11.8 Å². The van der Waals surface area contributed by atoms with E-state index in [0.29, 0.717) is 18.4 Å². The van der Waals surface area contributed by atoms with Crippen molar-refractivity contribution in [2.45, 2.75) is 121 Å². The van der Waals surface area contributed by atoms with Crippen LogP contribution in [0.5, 0.6) is 0 Å². The SMILES string of the molecule is CCC(=O)N[C@H](C(=O)NC(Cc1ccccc1)C(O)CN1C[C@H]2CCCC[C@H]2CC1C(=O)NC(C)(C)C)C(C)(C)S(C)(=O)=O. The predicted octanol–water partition coefficient (Wildman–Crippen LogP) is 2.59. The van der Waals surface area contributed by atoms with E-state index < -0.39 is 56.2 Å². The molecule has 3 amide bonds. The summed E-state index contributed by atoms with van der Waals surface area (Å²) in [6.45, 7) is 11.2. The number of hydrogen-bond donors (Lipinski definition) is 4. The highest BCUT2D eigenvalue weighted by Gasteiger charge is 2.46. The van der Waals surface area contributed by atoms with Gasteiger partial charge in [0.2, 0.25) is 17.7 Å². The molecule has 11 heteroatoms. The highest BCUT2D eigenvalue weighted by Crippen LogP contribution is 2.39. The van der Waals surface area contributed by atoms with Crippen LogP contribution < -0.4 is 16.0 Å². The number of aliphatic hydroxyl groups is 1. The molecule has 0 aromatic heterocycles. The van der Waals surface area contributed by atoms with Crippen LogP contribution in [-0.4, -0.2) is 90.0 Å².